The van der Waals surface area contributed by atoms with Gasteiger partial charge in [-0.25, -0.2) is 0 Å². The Balaban J connectivity index is 0.00000210. The number of nitrogens with one attached hydrogen (secondary N) is 2. The summed E-state index contributed by atoms with van der Waals surface area (Å²) in [5, 5.41) is 7.73. The minimum atomic E-state index is 0. The molecule has 2 aliphatic rings. The number of hydrogen-bond acceptors (Lipinski definition) is 2. The Labute approximate surface area is 182 Å². The summed E-state index contributed by atoms with van der Waals surface area (Å²) in [4.78, 5) is 4.39. The van der Waals surface area contributed by atoms with Gasteiger partial charge in [-0.1, -0.05) is 48.0 Å². The molecule has 2 aromatic rings. The zero-order chi connectivity index (χ0) is 17.9. The number of benzene rings is 2. The van der Waals surface area contributed by atoms with Gasteiger partial charge in [0.25, 0.3) is 0 Å². The summed E-state index contributed by atoms with van der Waals surface area (Å²) in [6.45, 7) is 0.708. The van der Waals surface area contributed by atoms with E-state index in [1.807, 2.05) is 19.2 Å². The van der Waals surface area contributed by atoms with Crippen LogP contribution in [0.2, 0.25) is 5.02 Å². The number of aliphatic imine (C=N–C) groups is 1. The van der Waals surface area contributed by atoms with Crippen molar-refractivity contribution in [2.24, 2.45) is 4.99 Å². The summed E-state index contributed by atoms with van der Waals surface area (Å²) in [5.41, 5.74) is 3.59. The molecule has 2 aliphatic heterocycles. The molecule has 0 radical (unpaired) electrons. The van der Waals surface area contributed by atoms with Gasteiger partial charge < -0.3 is 15.4 Å². The van der Waals surface area contributed by atoms with Crippen LogP contribution in [0.15, 0.2) is 53.5 Å². The lowest BCUT2D eigenvalue weighted by Crippen LogP contribution is -2.47. The van der Waals surface area contributed by atoms with E-state index in [0.29, 0.717) is 24.8 Å². The van der Waals surface area contributed by atoms with E-state index in [1.165, 1.54) is 17.5 Å². The highest BCUT2D eigenvalue weighted by Gasteiger charge is 2.41. The molecule has 3 atom stereocenters. The van der Waals surface area contributed by atoms with Crippen LogP contribution in [0.3, 0.4) is 0 Å². The molecule has 144 valence electrons. The molecule has 2 N–H and O–H groups in total. The summed E-state index contributed by atoms with van der Waals surface area (Å²) in [6, 6.07) is 16.7. The molecular weight excluding hydrogens is 473 g/mol. The van der Waals surface area contributed by atoms with Crippen molar-refractivity contribution in [1.82, 2.24) is 10.6 Å². The fourth-order valence-electron chi connectivity index (χ4n) is 3.92. The second-order valence-electron chi connectivity index (χ2n) is 6.95. The van der Waals surface area contributed by atoms with Crippen molar-refractivity contribution in [3.63, 3.8) is 0 Å². The van der Waals surface area contributed by atoms with Crippen LogP contribution in [0.1, 0.15) is 24.8 Å². The second-order valence-corrected chi connectivity index (χ2v) is 7.39. The fraction of sp³-hybridized carbons (Fsp3) is 0.381. The molecule has 2 bridgehead atoms. The van der Waals surface area contributed by atoms with Gasteiger partial charge in [-0.3, -0.25) is 4.99 Å². The molecular formula is C21H25ClIN3O. The summed E-state index contributed by atoms with van der Waals surface area (Å²) < 4.78 is 5.92. The molecule has 0 aliphatic carbocycles. The zero-order valence-corrected chi connectivity index (χ0v) is 18.4. The molecule has 2 aromatic carbocycles. The summed E-state index contributed by atoms with van der Waals surface area (Å²) >= 11 is 6.02. The van der Waals surface area contributed by atoms with Gasteiger partial charge in [-0.15, -0.1) is 24.0 Å². The van der Waals surface area contributed by atoms with Crippen molar-refractivity contribution in [2.45, 2.75) is 44.1 Å². The Morgan fingerprint density at radius 1 is 1.15 bits per heavy atom. The van der Waals surface area contributed by atoms with Gasteiger partial charge in [0.1, 0.15) is 0 Å². The largest absolute Gasteiger partial charge is 0.373 e. The second kappa shape index (κ2) is 9.26. The van der Waals surface area contributed by atoms with Crippen LogP contribution in [-0.4, -0.2) is 31.3 Å². The van der Waals surface area contributed by atoms with Crippen molar-refractivity contribution in [1.29, 1.82) is 0 Å². The maximum Gasteiger partial charge on any atom is 0.191 e. The standard InChI is InChI=1S/C21H24ClN3O.HI/c1-23-21(25-19-12-17-10-11-20(19)26-17)24-13-15-4-2-3-5-18(15)14-6-8-16(22)9-7-14;/h2-9,17,19-20H,10-13H2,1H3,(H2,23,24,25);1H. The smallest absolute Gasteiger partial charge is 0.191 e. The molecule has 4 nitrogen and oxygen atoms in total. The van der Waals surface area contributed by atoms with Gasteiger partial charge >= 0.3 is 0 Å². The van der Waals surface area contributed by atoms with Crippen molar-refractivity contribution < 1.29 is 4.74 Å². The quantitative estimate of drug-likeness (QED) is 0.368. The normalized spacial score (nSPS) is 23.8. The first kappa shape index (κ1) is 20.4. The average molecular weight is 498 g/mol. The van der Waals surface area contributed by atoms with Gasteiger partial charge in [0.2, 0.25) is 0 Å². The van der Waals surface area contributed by atoms with Gasteiger partial charge in [-0.2, -0.15) is 0 Å². The number of hydrogen-bond donors (Lipinski definition) is 2. The van der Waals surface area contributed by atoms with E-state index < -0.39 is 0 Å². The molecule has 27 heavy (non-hydrogen) atoms. The third-order valence-electron chi connectivity index (χ3n) is 5.27. The minimum Gasteiger partial charge on any atom is -0.373 e. The Kier molecular flexibility index (Phi) is 7.00. The molecule has 0 spiro atoms. The van der Waals surface area contributed by atoms with Gasteiger partial charge in [-0.05, 0) is 48.1 Å². The number of nitrogens with zero attached hydrogens (tertiary/aromatic N) is 1. The Morgan fingerprint density at radius 3 is 2.59 bits per heavy atom. The maximum atomic E-state index is 6.02. The van der Waals surface area contributed by atoms with Gasteiger partial charge in [0, 0.05) is 18.6 Å². The number of rotatable bonds is 4. The predicted octanol–water partition coefficient (Wildman–Crippen LogP) is 4.61. The molecule has 0 amide bonds. The van der Waals surface area contributed by atoms with Crippen LogP contribution in [0.4, 0.5) is 0 Å². The zero-order valence-electron chi connectivity index (χ0n) is 15.3. The lowest BCUT2D eigenvalue weighted by Gasteiger charge is -2.23. The van der Waals surface area contributed by atoms with Crippen LogP contribution in [0, 0.1) is 0 Å². The highest BCUT2D eigenvalue weighted by atomic mass is 127. The lowest BCUT2D eigenvalue weighted by atomic mass is 9.96. The van der Waals surface area contributed by atoms with E-state index in [9.17, 15) is 0 Å². The van der Waals surface area contributed by atoms with Crippen LogP contribution in [0.5, 0.6) is 0 Å². The molecule has 3 unspecified atom stereocenters. The van der Waals surface area contributed by atoms with Gasteiger partial charge in [0.15, 0.2) is 5.96 Å². The first-order valence-electron chi connectivity index (χ1n) is 9.19. The van der Waals surface area contributed by atoms with Crippen molar-refractivity contribution in [3.8, 4) is 11.1 Å². The highest BCUT2D eigenvalue weighted by Crippen LogP contribution is 2.34. The fourth-order valence-corrected chi connectivity index (χ4v) is 4.05. The molecule has 2 saturated heterocycles. The summed E-state index contributed by atoms with van der Waals surface area (Å²) in [6.07, 6.45) is 4.19. The van der Waals surface area contributed by atoms with Crippen LogP contribution < -0.4 is 10.6 Å². The Hall–Kier alpha value is -1.31. The van der Waals surface area contributed by atoms with E-state index in [4.69, 9.17) is 16.3 Å². The van der Waals surface area contributed by atoms with E-state index in [-0.39, 0.29) is 24.0 Å². The average Bonchev–Trinajstić information content (AvgIpc) is 3.29. The summed E-state index contributed by atoms with van der Waals surface area (Å²) in [5.74, 6) is 0.831. The Morgan fingerprint density at radius 2 is 1.93 bits per heavy atom. The summed E-state index contributed by atoms with van der Waals surface area (Å²) in [7, 11) is 1.81. The maximum absolute atomic E-state index is 6.02. The number of halogens is 2. The van der Waals surface area contributed by atoms with Crippen molar-refractivity contribution in [2.75, 3.05) is 7.05 Å². The van der Waals surface area contributed by atoms with E-state index in [2.05, 4.69) is 52.0 Å². The highest BCUT2D eigenvalue weighted by molar-refractivity contribution is 14.0. The van der Waals surface area contributed by atoms with E-state index in [0.717, 1.165) is 29.4 Å². The molecule has 6 heteroatoms. The minimum absolute atomic E-state index is 0. The monoisotopic (exact) mass is 497 g/mol. The molecule has 0 saturated carbocycles. The molecule has 2 heterocycles. The van der Waals surface area contributed by atoms with Crippen LogP contribution in [0.25, 0.3) is 11.1 Å². The van der Waals surface area contributed by atoms with Crippen LogP contribution >= 0.6 is 35.6 Å². The number of ether oxygens (including phenoxy) is 1. The molecule has 0 aromatic heterocycles. The van der Waals surface area contributed by atoms with Crippen molar-refractivity contribution in [3.05, 3.63) is 59.1 Å². The van der Waals surface area contributed by atoms with Gasteiger partial charge in [0.05, 0.1) is 18.2 Å². The lowest BCUT2D eigenvalue weighted by molar-refractivity contribution is 0.0992. The predicted molar refractivity (Wildman–Crippen MR) is 122 cm³/mol. The number of fused-ring (bicyclic) bond motifs is 2. The SMILES string of the molecule is CN=C(NCc1ccccc1-c1ccc(Cl)cc1)NC1CC2CCC1O2.I. The number of guanidine groups is 1. The third-order valence-corrected chi connectivity index (χ3v) is 5.52. The first-order valence-corrected chi connectivity index (χ1v) is 9.57. The van der Waals surface area contributed by atoms with E-state index >= 15 is 0 Å². The third kappa shape index (κ3) is 4.76. The van der Waals surface area contributed by atoms with Crippen molar-refractivity contribution >= 4 is 41.5 Å². The van der Waals surface area contributed by atoms with E-state index in [1.54, 1.807) is 0 Å². The van der Waals surface area contributed by atoms with Crippen LogP contribution in [-0.2, 0) is 11.3 Å². The molecule has 2 fully saturated rings. The first-order chi connectivity index (χ1) is 12.7. The topological polar surface area (TPSA) is 45.7 Å². The molecule has 4 rings (SSSR count). The Bertz CT molecular complexity index is 796.